The van der Waals surface area contributed by atoms with Gasteiger partial charge in [0.05, 0.1) is 5.69 Å². The minimum Gasteiger partial charge on any atom is -0.369 e. The fraction of sp³-hybridized carbons (Fsp3) is 0.435. The number of hydrogen-bond acceptors (Lipinski definition) is 7. The number of pyridine rings is 1. The number of amides is 2. The third-order valence-corrected chi connectivity index (χ3v) is 7.41. The summed E-state index contributed by atoms with van der Waals surface area (Å²) in [5, 5.41) is 5.72. The van der Waals surface area contributed by atoms with Gasteiger partial charge in [-0.1, -0.05) is 0 Å². The lowest BCUT2D eigenvalue weighted by Crippen LogP contribution is -2.53. The number of nitrogens with one attached hydrogen (secondary N) is 2. The topological polar surface area (TPSA) is 80.8 Å². The second kappa shape index (κ2) is 8.99. The zero-order chi connectivity index (χ0) is 22.1. The molecule has 1 atom stereocenters. The van der Waals surface area contributed by atoms with Crippen LogP contribution in [0.2, 0.25) is 0 Å². The Hall–Kier alpha value is -2.78. The van der Waals surface area contributed by atoms with E-state index in [0.29, 0.717) is 5.56 Å². The van der Waals surface area contributed by atoms with Crippen molar-refractivity contribution < 1.29 is 9.59 Å². The maximum absolute atomic E-state index is 12.5. The maximum atomic E-state index is 12.5. The van der Waals surface area contributed by atoms with Gasteiger partial charge in [-0.3, -0.25) is 14.5 Å². The molecule has 168 valence electrons. The number of piperazine rings is 1. The summed E-state index contributed by atoms with van der Waals surface area (Å²) in [6.45, 7) is 5.45. The van der Waals surface area contributed by atoms with E-state index in [2.05, 4.69) is 31.4 Å². The molecule has 4 heterocycles. The van der Waals surface area contributed by atoms with E-state index in [1.54, 1.807) is 7.05 Å². The van der Waals surface area contributed by atoms with Gasteiger partial charge in [0.2, 0.25) is 5.91 Å². The van der Waals surface area contributed by atoms with Gasteiger partial charge in [-0.25, -0.2) is 4.98 Å². The van der Waals surface area contributed by atoms with Gasteiger partial charge in [0, 0.05) is 75.3 Å². The van der Waals surface area contributed by atoms with E-state index in [1.165, 1.54) is 0 Å². The summed E-state index contributed by atoms with van der Waals surface area (Å²) in [4.78, 5) is 35.9. The molecule has 2 aromatic rings. The molecule has 2 fully saturated rings. The molecular weight excluding hydrogens is 424 g/mol. The largest absolute Gasteiger partial charge is 0.369 e. The van der Waals surface area contributed by atoms with E-state index in [-0.39, 0.29) is 17.9 Å². The quantitative estimate of drug-likeness (QED) is 0.730. The van der Waals surface area contributed by atoms with Crippen LogP contribution < -0.4 is 20.4 Å². The van der Waals surface area contributed by atoms with Crippen LogP contribution in [0.5, 0.6) is 0 Å². The number of fused-ring (bicyclic) bond motifs is 3. The fourth-order valence-electron chi connectivity index (χ4n) is 4.59. The van der Waals surface area contributed by atoms with Crippen molar-refractivity contribution in [1.82, 2.24) is 15.2 Å². The Kier molecular flexibility index (Phi) is 5.93. The Balaban J connectivity index is 1.20. The van der Waals surface area contributed by atoms with Crippen molar-refractivity contribution in [2.45, 2.75) is 12.6 Å². The highest BCUT2D eigenvalue weighted by Crippen LogP contribution is 2.34. The molecule has 1 aromatic heterocycles. The molecule has 3 aliphatic rings. The summed E-state index contributed by atoms with van der Waals surface area (Å²) in [5.41, 5.74) is 3.78. The highest BCUT2D eigenvalue weighted by molar-refractivity contribution is 7.99. The fourth-order valence-corrected chi connectivity index (χ4v) is 5.64. The summed E-state index contributed by atoms with van der Waals surface area (Å²) < 4.78 is 0. The Morgan fingerprint density at radius 2 is 1.97 bits per heavy atom. The van der Waals surface area contributed by atoms with E-state index < -0.39 is 0 Å². The number of aromatic nitrogens is 1. The first-order valence-corrected chi connectivity index (χ1v) is 12.2. The van der Waals surface area contributed by atoms with Crippen molar-refractivity contribution in [1.29, 1.82) is 0 Å². The summed E-state index contributed by atoms with van der Waals surface area (Å²) in [5.74, 6) is 2.79. The minimum absolute atomic E-state index is 0.0640. The number of carbonyl (C=O) groups excluding carboxylic acids is 2. The van der Waals surface area contributed by atoms with Gasteiger partial charge in [0.15, 0.2) is 5.82 Å². The molecule has 0 bridgehead atoms. The highest BCUT2D eigenvalue weighted by Gasteiger charge is 2.36. The van der Waals surface area contributed by atoms with Crippen molar-refractivity contribution in [2.75, 3.05) is 66.4 Å². The van der Waals surface area contributed by atoms with Crippen molar-refractivity contribution in [2.24, 2.45) is 0 Å². The molecule has 0 radical (unpaired) electrons. The normalized spacial score (nSPS) is 20.9. The molecule has 32 heavy (non-hydrogen) atoms. The first kappa shape index (κ1) is 21.1. The van der Waals surface area contributed by atoms with E-state index >= 15 is 0 Å². The van der Waals surface area contributed by atoms with E-state index in [9.17, 15) is 9.59 Å². The average Bonchev–Trinajstić information content (AvgIpc) is 2.84. The molecule has 0 spiro atoms. The monoisotopic (exact) mass is 452 g/mol. The number of rotatable bonds is 4. The van der Waals surface area contributed by atoms with Crippen LogP contribution in [0.4, 0.5) is 17.2 Å². The van der Waals surface area contributed by atoms with Crippen molar-refractivity contribution in [3.63, 3.8) is 0 Å². The Morgan fingerprint density at radius 1 is 1.19 bits per heavy atom. The summed E-state index contributed by atoms with van der Waals surface area (Å²) >= 11 is 1.83. The van der Waals surface area contributed by atoms with Crippen molar-refractivity contribution >= 4 is 40.8 Å². The molecule has 2 N–H and O–H groups in total. The minimum atomic E-state index is -0.0990. The van der Waals surface area contributed by atoms with Crippen LogP contribution in [-0.2, 0) is 11.3 Å². The van der Waals surface area contributed by atoms with Crippen LogP contribution in [0.25, 0.3) is 0 Å². The van der Waals surface area contributed by atoms with Gasteiger partial charge in [-0.05, 0) is 35.9 Å². The van der Waals surface area contributed by atoms with Crippen LogP contribution in [0.15, 0.2) is 36.5 Å². The molecule has 1 unspecified atom stereocenters. The number of hydrogen-bond donors (Lipinski definition) is 2. The molecule has 2 saturated heterocycles. The molecule has 1 aromatic carbocycles. The number of nitrogens with zero attached hydrogens (tertiary/aromatic N) is 4. The predicted molar refractivity (Wildman–Crippen MR) is 129 cm³/mol. The summed E-state index contributed by atoms with van der Waals surface area (Å²) in [6, 6.07) is 9.77. The zero-order valence-electron chi connectivity index (χ0n) is 18.2. The number of benzene rings is 1. The lowest BCUT2D eigenvalue weighted by Gasteiger charge is -2.40. The second-order valence-electron chi connectivity index (χ2n) is 8.38. The molecule has 8 nitrogen and oxygen atoms in total. The van der Waals surface area contributed by atoms with Crippen molar-refractivity contribution in [3.05, 3.63) is 47.7 Å². The van der Waals surface area contributed by atoms with Gasteiger partial charge in [-0.2, -0.15) is 11.8 Å². The third kappa shape index (κ3) is 4.14. The van der Waals surface area contributed by atoms with E-state index in [0.717, 1.165) is 73.5 Å². The number of anilines is 3. The first-order chi connectivity index (χ1) is 15.6. The average molecular weight is 453 g/mol. The van der Waals surface area contributed by atoms with E-state index in [1.807, 2.05) is 42.2 Å². The summed E-state index contributed by atoms with van der Waals surface area (Å²) in [7, 11) is 1.64. The molecule has 0 saturated carbocycles. The lowest BCUT2D eigenvalue weighted by atomic mass is 10.1. The molecule has 0 aliphatic carbocycles. The van der Waals surface area contributed by atoms with Gasteiger partial charge < -0.3 is 20.4 Å². The first-order valence-electron chi connectivity index (χ1n) is 11.1. The SMILES string of the molecule is CNC(=O)c1ccc(N2CCN(Cc3cnc4c(c3)NC(=O)C3CSCCN43)CC2)cc1. The molecule has 2 amide bonds. The van der Waals surface area contributed by atoms with Crippen molar-refractivity contribution in [3.8, 4) is 0 Å². The Morgan fingerprint density at radius 3 is 2.72 bits per heavy atom. The molecule has 9 heteroatoms. The Labute approximate surface area is 192 Å². The molecular formula is C23H28N6O2S. The third-order valence-electron chi connectivity index (χ3n) is 6.38. The second-order valence-corrected chi connectivity index (χ2v) is 9.53. The summed E-state index contributed by atoms with van der Waals surface area (Å²) in [6.07, 6.45) is 1.96. The van der Waals surface area contributed by atoms with Gasteiger partial charge in [0.25, 0.3) is 5.91 Å². The zero-order valence-corrected chi connectivity index (χ0v) is 19.0. The highest BCUT2D eigenvalue weighted by atomic mass is 32.2. The van der Waals surface area contributed by atoms with E-state index in [4.69, 9.17) is 4.98 Å². The van der Waals surface area contributed by atoms with Crippen LogP contribution in [0.3, 0.4) is 0 Å². The lowest BCUT2D eigenvalue weighted by molar-refractivity contribution is -0.117. The standard InChI is InChI=1S/C23H28N6O2S/c1-24-22(30)17-2-4-18(5-3-17)28-8-6-27(7-9-28)14-16-12-19-21(25-13-16)29-10-11-32-15-20(29)23(31)26-19/h2-5,12-13,20H,6-11,14-15H2,1H3,(H,24,30)(H,26,31). The van der Waals surface area contributed by atoms with Gasteiger partial charge in [0.1, 0.15) is 6.04 Å². The predicted octanol–water partition coefficient (Wildman–Crippen LogP) is 1.64. The van der Waals surface area contributed by atoms with Gasteiger partial charge >= 0.3 is 0 Å². The molecule has 5 rings (SSSR count). The number of carbonyl (C=O) groups is 2. The molecule has 3 aliphatic heterocycles. The van der Waals surface area contributed by atoms with Crippen LogP contribution in [0.1, 0.15) is 15.9 Å². The number of thioether (sulfide) groups is 1. The Bertz CT molecular complexity index is 1010. The van der Waals surface area contributed by atoms with Gasteiger partial charge in [-0.15, -0.1) is 0 Å². The van der Waals surface area contributed by atoms with Crippen LogP contribution in [0, 0.1) is 0 Å². The smallest absolute Gasteiger partial charge is 0.251 e. The van der Waals surface area contributed by atoms with Crippen LogP contribution in [-0.4, -0.2) is 79.0 Å². The maximum Gasteiger partial charge on any atom is 0.251 e. The van der Waals surface area contributed by atoms with Crippen LogP contribution >= 0.6 is 11.8 Å².